The first kappa shape index (κ1) is 12.4. The van der Waals surface area contributed by atoms with Gasteiger partial charge in [-0.1, -0.05) is 0 Å². The summed E-state index contributed by atoms with van der Waals surface area (Å²) in [6.45, 7) is 0. The molecule has 0 radical (unpaired) electrons. The molecule has 2 N–H and O–H groups in total. The topological polar surface area (TPSA) is 73.5 Å². The Kier molecular flexibility index (Phi) is 4.23. The van der Waals surface area contributed by atoms with Gasteiger partial charge in [0.1, 0.15) is 17.7 Å². The van der Waals surface area contributed by atoms with Crippen LogP contribution in [0.2, 0.25) is 0 Å². The second-order valence-corrected chi connectivity index (χ2v) is 3.30. The molecule has 0 bridgehead atoms. The molecule has 1 aromatic rings. The molecule has 2 unspecified atom stereocenters. The van der Waals surface area contributed by atoms with Crippen LogP contribution in [0.25, 0.3) is 0 Å². The van der Waals surface area contributed by atoms with E-state index in [4.69, 9.17) is 10.00 Å². The van der Waals surface area contributed by atoms with Gasteiger partial charge in [-0.2, -0.15) is 5.26 Å². The predicted molar refractivity (Wildman–Crippen MR) is 54.1 cm³/mol. The van der Waals surface area contributed by atoms with E-state index in [2.05, 4.69) is 0 Å². The molecule has 0 aliphatic heterocycles. The van der Waals surface area contributed by atoms with Crippen LogP contribution in [0.1, 0.15) is 18.1 Å². The van der Waals surface area contributed by atoms with E-state index in [1.807, 2.05) is 0 Å². The number of nitriles is 1. The van der Waals surface area contributed by atoms with E-state index < -0.39 is 18.0 Å². The van der Waals surface area contributed by atoms with Gasteiger partial charge in [0.25, 0.3) is 0 Å². The lowest BCUT2D eigenvalue weighted by atomic mass is 10.0. The van der Waals surface area contributed by atoms with Crippen molar-refractivity contribution in [3.8, 4) is 11.8 Å². The monoisotopic (exact) mass is 225 g/mol. The van der Waals surface area contributed by atoms with E-state index in [0.29, 0.717) is 0 Å². The van der Waals surface area contributed by atoms with Crippen LogP contribution in [0.4, 0.5) is 4.39 Å². The number of aliphatic hydroxyl groups excluding tert-OH is 2. The number of aliphatic hydroxyl groups is 2. The van der Waals surface area contributed by atoms with Crippen molar-refractivity contribution < 1.29 is 19.3 Å². The van der Waals surface area contributed by atoms with E-state index >= 15 is 0 Å². The minimum absolute atomic E-state index is 0.180. The summed E-state index contributed by atoms with van der Waals surface area (Å²) in [5, 5.41) is 27.4. The molecule has 16 heavy (non-hydrogen) atoms. The van der Waals surface area contributed by atoms with E-state index in [-0.39, 0.29) is 17.7 Å². The van der Waals surface area contributed by atoms with Crippen LogP contribution >= 0.6 is 0 Å². The van der Waals surface area contributed by atoms with Gasteiger partial charge in [-0.05, 0) is 17.7 Å². The Morgan fingerprint density at radius 2 is 2.12 bits per heavy atom. The van der Waals surface area contributed by atoms with Gasteiger partial charge in [-0.15, -0.1) is 0 Å². The zero-order valence-electron chi connectivity index (χ0n) is 8.72. The van der Waals surface area contributed by atoms with Gasteiger partial charge in [0, 0.05) is 6.07 Å². The molecule has 5 heteroatoms. The van der Waals surface area contributed by atoms with Crippen molar-refractivity contribution >= 4 is 0 Å². The number of ether oxygens (including phenoxy) is 1. The lowest BCUT2D eigenvalue weighted by Gasteiger charge is -2.16. The van der Waals surface area contributed by atoms with Crippen LogP contribution < -0.4 is 4.74 Å². The molecule has 0 aromatic heterocycles. The summed E-state index contributed by atoms with van der Waals surface area (Å²) in [7, 11) is 1.37. The molecule has 4 nitrogen and oxygen atoms in total. The molecule has 0 saturated carbocycles. The number of hydrogen-bond acceptors (Lipinski definition) is 4. The number of halogens is 1. The van der Waals surface area contributed by atoms with E-state index in [1.54, 1.807) is 6.07 Å². The summed E-state index contributed by atoms with van der Waals surface area (Å²) in [6.07, 6.45) is -2.76. The SMILES string of the molecule is COc1cc(F)cc(C(O)C(O)CC#N)c1. The summed E-state index contributed by atoms with van der Waals surface area (Å²) in [5.74, 6) is -0.323. The van der Waals surface area contributed by atoms with Crippen LogP contribution in [-0.2, 0) is 0 Å². The number of benzene rings is 1. The molecule has 0 heterocycles. The van der Waals surface area contributed by atoms with Gasteiger partial charge >= 0.3 is 0 Å². The minimum Gasteiger partial charge on any atom is -0.497 e. The fourth-order valence-electron chi connectivity index (χ4n) is 1.30. The third-order valence-corrected chi connectivity index (χ3v) is 2.14. The van der Waals surface area contributed by atoms with Crippen molar-refractivity contribution in [3.05, 3.63) is 29.6 Å². The summed E-state index contributed by atoms with van der Waals surface area (Å²) < 4.78 is 17.9. The number of hydrogen-bond donors (Lipinski definition) is 2. The molecule has 1 rings (SSSR count). The van der Waals surface area contributed by atoms with Gasteiger partial charge < -0.3 is 14.9 Å². The number of rotatable bonds is 4. The van der Waals surface area contributed by atoms with Gasteiger partial charge in [0.15, 0.2) is 0 Å². The van der Waals surface area contributed by atoms with Crippen LogP contribution in [-0.4, -0.2) is 23.4 Å². The van der Waals surface area contributed by atoms with Crippen molar-refractivity contribution in [3.63, 3.8) is 0 Å². The molecular weight excluding hydrogens is 213 g/mol. The first-order chi connectivity index (χ1) is 7.58. The normalized spacial score (nSPS) is 13.9. The summed E-state index contributed by atoms with van der Waals surface area (Å²) in [4.78, 5) is 0. The molecule has 2 atom stereocenters. The van der Waals surface area contributed by atoms with Gasteiger partial charge in [-0.25, -0.2) is 4.39 Å². The third kappa shape index (κ3) is 2.92. The van der Waals surface area contributed by atoms with Crippen molar-refractivity contribution in [2.24, 2.45) is 0 Å². The summed E-state index contributed by atoms with van der Waals surface area (Å²) in [6, 6.07) is 5.39. The molecule has 0 fully saturated rings. The molecule has 86 valence electrons. The predicted octanol–water partition coefficient (Wildman–Crippen LogP) is 1.14. The fourth-order valence-corrected chi connectivity index (χ4v) is 1.30. The molecule has 0 saturated heterocycles. The van der Waals surface area contributed by atoms with Gasteiger partial charge in [-0.3, -0.25) is 0 Å². The Labute approximate surface area is 92.5 Å². The Balaban J connectivity index is 2.95. The molecule has 0 amide bonds. The van der Waals surface area contributed by atoms with Gasteiger partial charge in [0.2, 0.25) is 0 Å². The van der Waals surface area contributed by atoms with E-state index in [0.717, 1.165) is 12.1 Å². The lowest BCUT2D eigenvalue weighted by Crippen LogP contribution is -2.17. The van der Waals surface area contributed by atoms with Crippen molar-refractivity contribution in [2.45, 2.75) is 18.6 Å². The van der Waals surface area contributed by atoms with Crippen LogP contribution in [0.15, 0.2) is 18.2 Å². The van der Waals surface area contributed by atoms with Crippen LogP contribution in [0.3, 0.4) is 0 Å². The average Bonchev–Trinajstić information content (AvgIpc) is 2.27. The fraction of sp³-hybridized carbons (Fsp3) is 0.364. The van der Waals surface area contributed by atoms with E-state index in [1.165, 1.54) is 13.2 Å². The zero-order chi connectivity index (χ0) is 12.1. The maximum atomic E-state index is 13.1. The maximum Gasteiger partial charge on any atom is 0.127 e. The summed E-state index contributed by atoms with van der Waals surface area (Å²) in [5.41, 5.74) is 0.180. The Bertz CT molecular complexity index is 403. The Morgan fingerprint density at radius 1 is 1.44 bits per heavy atom. The second kappa shape index (κ2) is 5.45. The van der Waals surface area contributed by atoms with Crippen molar-refractivity contribution in [1.82, 2.24) is 0 Å². The lowest BCUT2D eigenvalue weighted by molar-refractivity contribution is 0.0213. The highest BCUT2D eigenvalue weighted by molar-refractivity contribution is 5.31. The standard InChI is InChI=1S/C11H12FNO3/c1-16-9-5-7(4-8(12)6-9)11(15)10(14)2-3-13/h4-6,10-11,14-15H,2H2,1H3. The smallest absolute Gasteiger partial charge is 0.127 e. The molecule has 0 aliphatic rings. The molecule has 0 aliphatic carbocycles. The highest BCUT2D eigenvalue weighted by atomic mass is 19.1. The molecule has 1 aromatic carbocycles. The maximum absolute atomic E-state index is 13.1. The highest BCUT2D eigenvalue weighted by Gasteiger charge is 2.19. The Hall–Kier alpha value is -1.64. The molecule has 0 spiro atoms. The van der Waals surface area contributed by atoms with Gasteiger partial charge in [0.05, 0.1) is 25.7 Å². The first-order valence-electron chi connectivity index (χ1n) is 4.66. The van der Waals surface area contributed by atoms with Crippen molar-refractivity contribution in [1.29, 1.82) is 5.26 Å². The quantitative estimate of drug-likeness (QED) is 0.805. The first-order valence-corrected chi connectivity index (χ1v) is 4.66. The van der Waals surface area contributed by atoms with Crippen LogP contribution in [0, 0.1) is 17.1 Å². The number of methoxy groups -OCH3 is 1. The largest absolute Gasteiger partial charge is 0.497 e. The highest BCUT2D eigenvalue weighted by Crippen LogP contribution is 2.24. The Morgan fingerprint density at radius 3 is 2.69 bits per heavy atom. The average molecular weight is 225 g/mol. The molecular formula is C11H12FNO3. The minimum atomic E-state index is -1.30. The zero-order valence-corrected chi connectivity index (χ0v) is 8.72. The number of nitrogens with zero attached hydrogens (tertiary/aromatic N) is 1. The van der Waals surface area contributed by atoms with Crippen LogP contribution in [0.5, 0.6) is 5.75 Å². The van der Waals surface area contributed by atoms with Crippen molar-refractivity contribution in [2.75, 3.05) is 7.11 Å². The second-order valence-electron chi connectivity index (χ2n) is 3.30. The third-order valence-electron chi connectivity index (χ3n) is 2.14. The summed E-state index contributed by atoms with van der Waals surface area (Å²) >= 11 is 0. The van der Waals surface area contributed by atoms with E-state index in [9.17, 15) is 14.6 Å².